The molecule has 0 aliphatic carbocycles. The summed E-state index contributed by atoms with van der Waals surface area (Å²) in [6.45, 7) is 2.91. The third-order valence-corrected chi connectivity index (χ3v) is 2.38. The highest BCUT2D eigenvalue weighted by Gasteiger charge is 2.24. The number of aliphatic hydroxyl groups is 1. The molecule has 1 aromatic rings. The van der Waals surface area contributed by atoms with Crippen molar-refractivity contribution in [2.24, 2.45) is 0 Å². The van der Waals surface area contributed by atoms with Crippen molar-refractivity contribution in [1.29, 1.82) is 0 Å². The fraction of sp³-hybridized carbons (Fsp3) is 0.462. The van der Waals surface area contributed by atoms with E-state index in [1.807, 2.05) is 0 Å². The second kappa shape index (κ2) is 5.27. The summed E-state index contributed by atoms with van der Waals surface area (Å²) in [5.74, 6) is -0.742. The Labute approximate surface area is 100 Å². The van der Waals surface area contributed by atoms with Crippen LogP contribution >= 0.6 is 0 Å². The van der Waals surface area contributed by atoms with Crippen molar-refractivity contribution in [2.75, 3.05) is 7.11 Å². The molecule has 0 aromatic heterocycles. The number of methoxy groups -OCH3 is 1. The average molecular weight is 240 g/mol. The Bertz CT molecular complexity index is 396. The molecule has 0 aliphatic rings. The van der Waals surface area contributed by atoms with Crippen LogP contribution < -0.4 is 0 Å². The van der Waals surface area contributed by atoms with E-state index in [4.69, 9.17) is 0 Å². The summed E-state index contributed by atoms with van der Waals surface area (Å²) < 4.78 is 18.1. The highest BCUT2D eigenvalue weighted by molar-refractivity contribution is 5.76. The van der Waals surface area contributed by atoms with E-state index in [-0.39, 0.29) is 6.42 Å². The Morgan fingerprint density at radius 2 is 2.06 bits per heavy atom. The number of ether oxygens (including phenoxy) is 1. The van der Waals surface area contributed by atoms with E-state index in [9.17, 15) is 14.3 Å². The van der Waals surface area contributed by atoms with E-state index in [2.05, 4.69) is 4.74 Å². The van der Waals surface area contributed by atoms with Gasteiger partial charge in [-0.05, 0) is 25.0 Å². The molecule has 3 nitrogen and oxygen atoms in total. The zero-order chi connectivity index (χ0) is 13.1. The van der Waals surface area contributed by atoms with Crippen molar-refractivity contribution >= 4 is 5.97 Å². The summed E-state index contributed by atoms with van der Waals surface area (Å²) in [6.07, 6.45) is -1.23. The maximum Gasteiger partial charge on any atom is 0.339 e. The second-order valence-electron chi connectivity index (χ2n) is 4.52. The van der Waals surface area contributed by atoms with E-state index < -0.39 is 17.7 Å². The molecular formula is C13H17FO3. The van der Waals surface area contributed by atoms with Gasteiger partial charge in [-0.1, -0.05) is 24.3 Å². The molecule has 1 aromatic carbocycles. The standard InChI is InChI=1S/C13H17FO3/c1-13(2,14)8-9-6-4-5-7-10(9)11(15)12(16)17-3/h4-7,11,15H,8H2,1-3H3. The first-order valence-electron chi connectivity index (χ1n) is 5.38. The molecule has 1 rings (SSSR count). The molecule has 1 unspecified atom stereocenters. The van der Waals surface area contributed by atoms with Crippen molar-refractivity contribution in [3.05, 3.63) is 35.4 Å². The van der Waals surface area contributed by atoms with E-state index >= 15 is 0 Å². The number of rotatable bonds is 4. The SMILES string of the molecule is COC(=O)C(O)c1ccccc1CC(C)(C)F. The van der Waals surface area contributed by atoms with E-state index in [0.29, 0.717) is 11.1 Å². The second-order valence-corrected chi connectivity index (χ2v) is 4.52. The van der Waals surface area contributed by atoms with Gasteiger partial charge >= 0.3 is 5.97 Å². The van der Waals surface area contributed by atoms with E-state index in [1.54, 1.807) is 24.3 Å². The predicted molar refractivity (Wildman–Crippen MR) is 62.3 cm³/mol. The van der Waals surface area contributed by atoms with Crippen molar-refractivity contribution in [3.63, 3.8) is 0 Å². The fourth-order valence-corrected chi connectivity index (χ4v) is 1.65. The monoisotopic (exact) mass is 240 g/mol. The van der Waals surface area contributed by atoms with Crippen molar-refractivity contribution in [2.45, 2.75) is 32.0 Å². The molecule has 0 heterocycles. The lowest BCUT2D eigenvalue weighted by molar-refractivity contribution is -0.150. The van der Waals surface area contributed by atoms with Gasteiger partial charge in [-0.3, -0.25) is 0 Å². The fourth-order valence-electron chi connectivity index (χ4n) is 1.65. The maximum absolute atomic E-state index is 13.6. The lowest BCUT2D eigenvalue weighted by atomic mass is 9.93. The van der Waals surface area contributed by atoms with Crippen LogP contribution in [-0.4, -0.2) is 23.9 Å². The summed E-state index contributed by atoms with van der Waals surface area (Å²) in [6, 6.07) is 6.73. The molecule has 0 aliphatic heterocycles. The number of carbonyl (C=O) groups is 1. The Morgan fingerprint density at radius 3 is 2.59 bits per heavy atom. The largest absolute Gasteiger partial charge is 0.467 e. The molecule has 0 amide bonds. The third kappa shape index (κ3) is 3.82. The van der Waals surface area contributed by atoms with Crippen LogP contribution in [0.2, 0.25) is 0 Å². The summed E-state index contributed by atoms with van der Waals surface area (Å²) in [5, 5.41) is 9.77. The lowest BCUT2D eigenvalue weighted by Crippen LogP contribution is -2.20. The van der Waals surface area contributed by atoms with Gasteiger partial charge in [0.1, 0.15) is 5.67 Å². The van der Waals surface area contributed by atoms with Crippen molar-refractivity contribution < 1.29 is 19.0 Å². The molecule has 17 heavy (non-hydrogen) atoms. The van der Waals surface area contributed by atoms with Crippen LogP contribution in [-0.2, 0) is 16.0 Å². The highest BCUT2D eigenvalue weighted by Crippen LogP contribution is 2.24. The van der Waals surface area contributed by atoms with Gasteiger partial charge in [-0.2, -0.15) is 0 Å². The molecule has 94 valence electrons. The first-order valence-corrected chi connectivity index (χ1v) is 5.38. The Kier molecular flexibility index (Phi) is 4.23. The molecule has 4 heteroatoms. The van der Waals surface area contributed by atoms with Crippen molar-refractivity contribution in [3.8, 4) is 0 Å². The van der Waals surface area contributed by atoms with Gasteiger partial charge in [-0.25, -0.2) is 9.18 Å². The van der Waals surface area contributed by atoms with Gasteiger partial charge in [0, 0.05) is 6.42 Å². The molecule has 0 spiro atoms. The molecule has 0 bridgehead atoms. The zero-order valence-corrected chi connectivity index (χ0v) is 10.2. The smallest absolute Gasteiger partial charge is 0.339 e. The van der Waals surface area contributed by atoms with Crippen LogP contribution in [0.5, 0.6) is 0 Å². The van der Waals surface area contributed by atoms with Gasteiger partial charge in [0.15, 0.2) is 6.10 Å². The lowest BCUT2D eigenvalue weighted by Gasteiger charge is -2.18. The van der Waals surface area contributed by atoms with Crippen LogP contribution in [0.15, 0.2) is 24.3 Å². The predicted octanol–water partition coefficient (Wildman–Crippen LogP) is 2.18. The quantitative estimate of drug-likeness (QED) is 0.820. The van der Waals surface area contributed by atoms with Crippen LogP contribution in [0.1, 0.15) is 31.1 Å². The molecule has 0 saturated carbocycles. The molecule has 0 radical (unpaired) electrons. The number of esters is 1. The third-order valence-electron chi connectivity index (χ3n) is 2.38. The molecule has 0 fully saturated rings. The summed E-state index contributed by atoms with van der Waals surface area (Å²) >= 11 is 0. The summed E-state index contributed by atoms with van der Waals surface area (Å²) in [5.41, 5.74) is -0.394. The number of halogens is 1. The van der Waals surface area contributed by atoms with Gasteiger partial charge in [0.2, 0.25) is 0 Å². The Balaban J connectivity index is 3.03. The van der Waals surface area contributed by atoms with E-state index in [0.717, 1.165) is 0 Å². The minimum Gasteiger partial charge on any atom is -0.467 e. The maximum atomic E-state index is 13.6. The van der Waals surface area contributed by atoms with Crippen LogP contribution in [0.25, 0.3) is 0 Å². The van der Waals surface area contributed by atoms with Gasteiger partial charge < -0.3 is 9.84 Å². The number of hydrogen-bond donors (Lipinski definition) is 1. The van der Waals surface area contributed by atoms with E-state index in [1.165, 1.54) is 21.0 Å². The Hall–Kier alpha value is -1.42. The Morgan fingerprint density at radius 1 is 1.47 bits per heavy atom. The number of benzene rings is 1. The topological polar surface area (TPSA) is 46.5 Å². The average Bonchev–Trinajstić information content (AvgIpc) is 2.25. The van der Waals surface area contributed by atoms with Crippen LogP contribution in [0.3, 0.4) is 0 Å². The van der Waals surface area contributed by atoms with Crippen LogP contribution in [0.4, 0.5) is 4.39 Å². The normalized spacial score (nSPS) is 13.2. The summed E-state index contributed by atoms with van der Waals surface area (Å²) in [4.78, 5) is 11.3. The van der Waals surface area contributed by atoms with Crippen LogP contribution in [0, 0.1) is 0 Å². The number of alkyl halides is 1. The van der Waals surface area contributed by atoms with Gasteiger partial charge in [-0.15, -0.1) is 0 Å². The number of hydrogen-bond acceptors (Lipinski definition) is 3. The number of carbonyl (C=O) groups excluding carboxylic acids is 1. The molecular weight excluding hydrogens is 223 g/mol. The molecule has 1 atom stereocenters. The first-order chi connectivity index (χ1) is 7.85. The minimum absolute atomic E-state index is 0.136. The first kappa shape index (κ1) is 13.6. The molecule has 1 N–H and O–H groups in total. The van der Waals surface area contributed by atoms with Gasteiger partial charge in [0.05, 0.1) is 7.11 Å². The number of aliphatic hydroxyl groups excluding tert-OH is 1. The van der Waals surface area contributed by atoms with Crippen molar-refractivity contribution in [1.82, 2.24) is 0 Å². The minimum atomic E-state index is -1.40. The van der Waals surface area contributed by atoms with Gasteiger partial charge in [0.25, 0.3) is 0 Å². The zero-order valence-electron chi connectivity index (χ0n) is 10.2. The highest BCUT2D eigenvalue weighted by atomic mass is 19.1. The molecule has 0 saturated heterocycles. The summed E-state index contributed by atoms with van der Waals surface area (Å²) in [7, 11) is 1.20.